The van der Waals surface area contributed by atoms with Crippen molar-refractivity contribution in [2.45, 2.75) is 20.4 Å². The second-order valence-corrected chi connectivity index (χ2v) is 6.49. The number of oxazole rings is 1. The molecule has 2 aromatic rings. The van der Waals surface area contributed by atoms with Crippen molar-refractivity contribution in [3.05, 3.63) is 35.9 Å². The Kier molecular flexibility index (Phi) is 3.33. The maximum Gasteiger partial charge on any atom is 0.191 e. The molecule has 0 aromatic carbocycles. The third-order valence-electron chi connectivity index (χ3n) is 4.73. The first-order valence-corrected chi connectivity index (χ1v) is 7.84. The lowest BCUT2D eigenvalue weighted by atomic mass is 10.0. The van der Waals surface area contributed by atoms with Crippen LogP contribution >= 0.6 is 0 Å². The largest absolute Gasteiger partial charge is 0.449 e. The third kappa shape index (κ3) is 2.59. The van der Waals surface area contributed by atoms with E-state index < -0.39 is 0 Å². The van der Waals surface area contributed by atoms with Gasteiger partial charge in [0.15, 0.2) is 5.89 Å². The number of nitrogens with zero attached hydrogens (tertiary/aromatic N) is 5. The van der Waals surface area contributed by atoms with Crippen molar-refractivity contribution < 1.29 is 4.42 Å². The van der Waals surface area contributed by atoms with Crippen LogP contribution in [0, 0.1) is 25.7 Å². The smallest absolute Gasteiger partial charge is 0.191 e. The average Bonchev–Trinajstić information content (AvgIpc) is 3.14. The van der Waals surface area contributed by atoms with Crippen molar-refractivity contribution in [3.8, 4) is 0 Å². The maximum atomic E-state index is 5.29. The highest BCUT2D eigenvalue weighted by molar-refractivity contribution is 5.40. The van der Waals surface area contributed by atoms with Crippen LogP contribution in [0.25, 0.3) is 0 Å². The second-order valence-electron chi connectivity index (χ2n) is 6.49. The standard InChI is InChI=1S/C16H21N5O/c1-11-3-16(18-10-17-11)21-6-13-4-20(5-14(13)7-21)8-15-9-22-12(2)19-15/h3,9-10,13-14H,4-8H2,1-2H3. The minimum Gasteiger partial charge on any atom is -0.449 e. The average molecular weight is 299 g/mol. The van der Waals surface area contributed by atoms with Crippen LogP contribution in [0.15, 0.2) is 23.1 Å². The highest BCUT2D eigenvalue weighted by Crippen LogP contribution is 2.33. The van der Waals surface area contributed by atoms with Gasteiger partial charge in [0.05, 0.1) is 5.69 Å². The van der Waals surface area contributed by atoms with Gasteiger partial charge in [-0.15, -0.1) is 0 Å². The van der Waals surface area contributed by atoms with Gasteiger partial charge >= 0.3 is 0 Å². The molecule has 2 aromatic heterocycles. The molecule has 2 fully saturated rings. The van der Waals surface area contributed by atoms with Crippen LogP contribution in [0.4, 0.5) is 5.82 Å². The number of hydrogen-bond donors (Lipinski definition) is 0. The number of hydrogen-bond acceptors (Lipinski definition) is 6. The van der Waals surface area contributed by atoms with Crippen LogP contribution in [0.2, 0.25) is 0 Å². The zero-order valence-electron chi connectivity index (χ0n) is 13.1. The summed E-state index contributed by atoms with van der Waals surface area (Å²) in [5, 5.41) is 0. The van der Waals surface area contributed by atoms with Gasteiger partial charge in [0, 0.05) is 51.4 Å². The van der Waals surface area contributed by atoms with Crippen LogP contribution in [-0.2, 0) is 6.54 Å². The Morgan fingerprint density at radius 2 is 1.91 bits per heavy atom. The zero-order valence-corrected chi connectivity index (χ0v) is 13.1. The van der Waals surface area contributed by atoms with Gasteiger partial charge in [0.1, 0.15) is 18.4 Å². The molecule has 4 rings (SSSR count). The summed E-state index contributed by atoms with van der Waals surface area (Å²) >= 11 is 0. The lowest BCUT2D eigenvalue weighted by Crippen LogP contribution is -2.29. The monoisotopic (exact) mass is 299 g/mol. The van der Waals surface area contributed by atoms with Gasteiger partial charge in [-0.25, -0.2) is 15.0 Å². The van der Waals surface area contributed by atoms with Gasteiger partial charge in [0.2, 0.25) is 0 Å². The van der Waals surface area contributed by atoms with E-state index in [1.54, 1.807) is 12.6 Å². The Bertz CT molecular complexity index is 656. The van der Waals surface area contributed by atoms with E-state index >= 15 is 0 Å². The molecule has 2 saturated heterocycles. The molecule has 0 radical (unpaired) electrons. The molecule has 0 saturated carbocycles. The minimum atomic E-state index is 0.725. The molecule has 6 nitrogen and oxygen atoms in total. The number of anilines is 1. The van der Waals surface area contributed by atoms with E-state index in [1.165, 1.54) is 0 Å². The van der Waals surface area contributed by atoms with Gasteiger partial charge in [-0.1, -0.05) is 0 Å². The lowest BCUT2D eigenvalue weighted by molar-refractivity contribution is 0.305. The van der Waals surface area contributed by atoms with Crippen LogP contribution < -0.4 is 4.90 Å². The first-order chi connectivity index (χ1) is 10.7. The van der Waals surface area contributed by atoms with E-state index in [-0.39, 0.29) is 0 Å². The fourth-order valence-corrected chi connectivity index (χ4v) is 3.73. The van der Waals surface area contributed by atoms with E-state index in [0.717, 1.165) is 67.7 Å². The Balaban J connectivity index is 1.38. The van der Waals surface area contributed by atoms with Crippen molar-refractivity contribution in [2.75, 3.05) is 31.1 Å². The van der Waals surface area contributed by atoms with Crippen LogP contribution in [-0.4, -0.2) is 46.0 Å². The quantitative estimate of drug-likeness (QED) is 0.859. The molecule has 116 valence electrons. The van der Waals surface area contributed by atoms with E-state index in [1.807, 2.05) is 13.8 Å². The van der Waals surface area contributed by atoms with Crippen molar-refractivity contribution in [1.82, 2.24) is 19.9 Å². The highest BCUT2D eigenvalue weighted by atomic mass is 16.3. The number of likely N-dealkylation sites (tertiary alicyclic amines) is 1. The summed E-state index contributed by atoms with van der Waals surface area (Å²) in [5.41, 5.74) is 2.07. The summed E-state index contributed by atoms with van der Waals surface area (Å²) in [7, 11) is 0. The fraction of sp³-hybridized carbons (Fsp3) is 0.562. The molecule has 22 heavy (non-hydrogen) atoms. The van der Waals surface area contributed by atoms with E-state index in [2.05, 4.69) is 30.8 Å². The molecular weight excluding hydrogens is 278 g/mol. The number of fused-ring (bicyclic) bond motifs is 1. The van der Waals surface area contributed by atoms with E-state index in [0.29, 0.717) is 0 Å². The molecule has 0 N–H and O–H groups in total. The summed E-state index contributed by atoms with van der Waals surface area (Å²) in [6.45, 7) is 9.27. The first-order valence-electron chi connectivity index (χ1n) is 7.84. The van der Waals surface area contributed by atoms with Crippen LogP contribution in [0.1, 0.15) is 17.3 Å². The Morgan fingerprint density at radius 1 is 1.14 bits per heavy atom. The normalized spacial score (nSPS) is 24.9. The Hall–Kier alpha value is -1.95. The van der Waals surface area contributed by atoms with Crippen LogP contribution in [0.3, 0.4) is 0 Å². The molecular formula is C16H21N5O. The molecule has 0 spiro atoms. The van der Waals surface area contributed by atoms with Gasteiger partial charge < -0.3 is 9.32 Å². The van der Waals surface area contributed by atoms with Crippen molar-refractivity contribution in [2.24, 2.45) is 11.8 Å². The summed E-state index contributed by atoms with van der Waals surface area (Å²) in [6, 6.07) is 2.08. The Labute approximate surface area is 130 Å². The molecule has 4 heterocycles. The van der Waals surface area contributed by atoms with Gasteiger partial charge in [-0.2, -0.15) is 0 Å². The number of aryl methyl sites for hydroxylation is 2. The SMILES string of the molecule is Cc1cc(N2CC3CN(Cc4coc(C)n4)CC3C2)ncn1. The summed E-state index contributed by atoms with van der Waals surface area (Å²) in [6.07, 6.45) is 3.44. The molecule has 0 aliphatic carbocycles. The fourth-order valence-electron chi connectivity index (χ4n) is 3.73. The predicted octanol–water partition coefficient (Wildman–Crippen LogP) is 1.65. The summed E-state index contributed by atoms with van der Waals surface area (Å²) < 4.78 is 5.29. The molecule has 2 aliphatic heterocycles. The molecule has 0 amide bonds. The van der Waals surface area contributed by atoms with E-state index in [4.69, 9.17) is 4.42 Å². The predicted molar refractivity (Wildman–Crippen MR) is 82.5 cm³/mol. The van der Waals surface area contributed by atoms with Gasteiger partial charge in [0.25, 0.3) is 0 Å². The third-order valence-corrected chi connectivity index (χ3v) is 4.73. The Morgan fingerprint density at radius 3 is 2.55 bits per heavy atom. The maximum absolute atomic E-state index is 5.29. The zero-order chi connectivity index (χ0) is 15.1. The first kappa shape index (κ1) is 13.7. The number of rotatable bonds is 3. The minimum absolute atomic E-state index is 0.725. The summed E-state index contributed by atoms with van der Waals surface area (Å²) in [4.78, 5) is 17.9. The molecule has 6 heteroatoms. The number of aromatic nitrogens is 3. The van der Waals surface area contributed by atoms with Crippen molar-refractivity contribution in [1.29, 1.82) is 0 Å². The topological polar surface area (TPSA) is 58.3 Å². The highest BCUT2D eigenvalue weighted by Gasteiger charge is 2.40. The molecule has 2 aliphatic rings. The van der Waals surface area contributed by atoms with Gasteiger partial charge in [-0.3, -0.25) is 4.90 Å². The van der Waals surface area contributed by atoms with Crippen molar-refractivity contribution >= 4 is 5.82 Å². The summed E-state index contributed by atoms with van der Waals surface area (Å²) in [5.74, 6) is 3.27. The molecule has 2 unspecified atom stereocenters. The second kappa shape index (κ2) is 5.35. The van der Waals surface area contributed by atoms with E-state index in [9.17, 15) is 0 Å². The van der Waals surface area contributed by atoms with Crippen molar-refractivity contribution in [3.63, 3.8) is 0 Å². The molecule has 0 bridgehead atoms. The lowest BCUT2D eigenvalue weighted by Gasteiger charge is -2.21. The molecule has 2 atom stereocenters. The van der Waals surface area contributed by atoms with Crippen LogP contribution in [0.5, 0.6) is 0 Å². The van der Waals surface area contributed by atoms with Gasteiger partial charge in [-0.05, 0) is 18.8 Å².